The lowest BCUT2D eigenvalue weighted by Gasteiger charge is -2.34. The summed E-state index contributed by atoms with van der Waals surface area (Å²) in [5, 5.41) is 0. The lowest BCUT2D eigenvalue weighted by atomic mass is 10.0. The van der Waals surface area contributed by atoms with E-state index in [9.17, 15) is 9.59 Å². The average Bonchev–Trinajstić information content (AvgIpc) is 3.47. The molecule has 2 aromatic carbocycles. The average molecular weight is 407 g/mol. The fourth-order valence-corrected chi connectivity index (χ4v) is 6.48. The Morgan fingerprint density at radius 2 is 1.83 bits per heavy atom. The number of benzene rings is 2. The van der Waals surface area contributed by atoms with Crippen LogP contribution in [-0.4, -0.2) is 29.0 Å². The van der Waals surface area contributed by atoms with E-state index in [1.165, 1.54) is 5.56 Å². The largest absolute Gasteiger partial charge is 0.315 e. The molecule has 2 aromatic rings. The molecular formula is C24H26N2O2S. The maximum Gasteiger partial charge on any atom is 0.268 e. The predicted molar refractivity (Wildman–Crippen MR) is 117 cm³/mol. The standard InChI is InChI=1S/C24H26N2O2S/c1-17-10-12-18(13-11-17)16-25-21-9-5-4-8-20(21)24(23(25)28)26(14-15-29-24)22(27)19-6-2-3-7-19/h4-5,8-13,19H,2-3,6-7,14-16H2,1H3/t24-/m1/s1. The third-order valence-electron chi connectivity index (χ3n) is 6.53. The van der Waals surface area contributed by atoms with E-state index in [1.807, 2.05) is 34.1 Å². The van der Waals surface area contributed by atoms with Gasteiger partial charge in [-0.3, -0.25) is 9.59 Å². The van der Waals surface area contributed by atoms with Gasteiger partial charge < -0.3 is 9.80 Å². The summed E-state index contributed by atoms with van der Waals surface area (Å²) in [6.45, 7) is 3.25. The van der Waals surface area contributed by atoms with Gasteiger partial charge in [0.15, 0.2) is 4.87 Å². The summed E-state index contributed by atoms with van der Waals surface area (Å²) in [5.41, 5.74) is 4.23. The van der Waals surface area contributed by atoms with Crippen LogP contribution in [0.25, 0.3) is 0 Å². The second-order valence-electron chi connectivity index (χ2n) is 8.36. The number of rotatable bonds is 3. The molecule has 2 aliphatic heterocycles. The van der Waals surface area contributed by atoms with Crippen LogP contribution >= 0.6 is 11.8 Å². The smallest absolute Gasteiger partial charge is 0.268 e. The maximum absolute atomic E-state index is 13.9. The number of hydrogen-bond acceptors (Lipinski definition) is 3. The van der Waals surface area contributed by atoms with Crippen LogP contribution in [0.1, 0.15) is 42.4 Å². The molecule has 1 spiro atoms. The first-order chi connectivity index (χ1) is 14.1. The number of carbonyl (C=O) groups is 2. The molecule has 1 saturated heterocycles. The van der Waals surface area contributed by atoms with Crippen molar-refractivity contribution in [1.82, 2.24) is 4.90 Å². The number of aryl methyl sites for hydroxylation is 1. The van der Waals surface area contributed by atoms with Gasteiger partial charge in [-0.05, 0) is 31.4 Å². The molecule has 0 unspecified atom stereocenters. The van der Waals surface area contributed by atoms with Crippen molar-refractivity contribution in [3.8, 4) is 0 Å². The van der Waals surface area contributed by atoms with E-state index < -0.39 is 4.87 Å². The lowest BCUT2D eigenvalue weighted by Crippen LogP contribution is -2.51. The highest BCUT2D eigenvalue weighted by atomic mass is 32.2. The fraction of sp³-hybridized carbons (Fsp3) is 0.417. The Bertz CT molecular complexity index is 952. The molecule has 3 aliphatic rings. The Morgan fingerprint density at radius 1 is 1.10 bits per heavy atom. The van der Waals surface area contributed by atoms with Gasteiger partial charge in [0.05, 0.1) is 12.2 Å². The van der Waals surface area contributed by atoms with Crippen molar-refractivity contribution in [2.24, 2.45) is 5.92 Å². The first-order valence-electron chi connectivity index (χ1n) is 10.5. The van der Waals surface area contributed by atoms with Crippen LogP contribution in [-0.2, 0) is 21.0 Å². The summed E-state index contributed by atoms with van der Waals surface area (Å²) in [6, 6.07) is 16.4. The minimum Gasteiger partial charge on any atom is -0.315 e. The molecule has 1 atom stereocenters. The Balaban J connectivity index is 1.54. The van der Waals surface area contributed by atoms with E-state index in [-0.39, 0.29) is 17.7 Å². The minimum absolute atomic E-state index is 0.0353. The first-order valence-corrected chi connectivity index (χ1v) is 11.5. The van der Waals surface area contributed by atoms with E-state index in [1.54, 1.807) is 11.8 Å². The number of amides is 2. The zero-order chi connectivity index (χ0) is 20.0. The van der Waals surface area contributed by atoms with Crippen LogP contribution in [0, 0.1) is 12.8 Å². The Kier molecular flexibility index (Phi) is 4.66. The topological polar surface area (TPSA) is 40.6 Å². The molecule has 5 heteroatoms. The van der Waals surface area contributed by atoms with Gasteiger partial charge in [0.25, 0.3) is 5.91 Å². The van der Waals surface area contributed by atoms with E-state index in [0.717, 1.165) is 48.3 Å². The van der Waals surface area contributed by atoms with Crippen molar-refractivity contribution in [2.45, 2.75) is 44.0 Å². The molecule has 1 saturated carbocycles. The molecule has 29 heavy (non-hydrogen) atoms. The Hall–Kier alpha value is -2.27. The van der Waals surface area contributed by atoms with Crippen LogP contribution in [0.5, 0.6) is 0 Å². The van der Waals surface area contributed by atoms with Crippen molar-refractivity contribution in [2.75, 3.05) is 17.2 Å². The summed E-state index contributed by atoms with van der Waals surface area (Å²) < 4.78 is 0. The molecule has 150 valence electrons. The number of para-hydroxylation sites is 1. The number of thioether (sulfide) groups is 1. The van der Waals surface area contributed by atoms with Gasteiger partial charge in [-0.25, -0.2) is 0 Å². The van der Waals surface area contributed by atoms with Gasteiger partial charge in [-0.2, -0.15) is 0 Å². The van der Waals surface area contributed by atoms with Crippen LogP contribution in [0.3, 0.4) is 0 Å². The molecule has 0 N–H and O–H groups in total. The van der Waals surface area contributed by atoms with Gasteiger partial charge in [-0.1, -0.05) is 60.9 Å². The van der Waals surface area contributed by atoms with Crippen molar-refractivity contribution < 1.29 is 9.59 Å². The van der Waals surface area contributed by atoms with Gasteiger partial charge in [0.1, 0.15) is 0 Å². The molecular weight excluding hydrogens is 380 g/mol. The monoisotopic (exact) mass is 406 g/mol. The highest BCUT2D eigenvalue weighted by Crippen LogP contribution is 2.55. The number of hydrogen-bond donors (Lipinski definition) is 0. The molecule has 0 radical (unpaired) electrons. The molecule has 2 fully saturated rings. The Morgan fingerprint density at radius 3 is 2.59 bits per heavy atom. The predicted octanol–water partition coefficient (Wildman–Crippen LogP) is 4.46. The number of carbonyl (C=O) groups excluding carboxylic acids is 2. The summed E-state index contributed by atoms with van der Waals surface area (Å²) in [7, 11) is 0. The molecule has 0 aromatic heterocycles. The molecule has 2 amide bonds. The Labute approximate surface area is 176 Å². The summed E-state index contributed by atoms with van der Waals surface area (Å²) in [6.07, 6.45) is 4.15. The quantitative estimate of drug-likeness (QED) is 0.756. The molecule has 5 rings (SSSR count). The van der Waals surface area contributed by atoms with E-state index in [2.05, 4.69) is 31.2 Å². The van der Waals surface area contributed by atoms with Crippen LogP contribution in [0.4, 0.5) is 5.69 Å². The van der Waals surface area contributed by atoms with Crippen LogP contribution in [0.2, 0.25) is 0 Å². The minimum atomic E-state index is -0.888. The number of anilines is 1. The highest BCUT2D eigenvalue weighted by molar-refractivity contribution is 8.01. The number of nitrogens with zero attached hydrogens (tertiary/aromatic N) is 2. The van der Waals surface area contributed by atoms with Crippen molar-refractivity contribution >= 4 is 29.3 Å². The SMILES string of the molecule is Cc1ccc(CN2C(=O)[C@]3(SCCN3C(=O)C3CCCC3)c3ccccc32)cc1. The van der Waals surface area contributed by atoms with E-state index in [0.29, 0.717) is 13.1 Å². The fourth-order valence-electron chi connectivity index (χ4n) is 5.01. The summed E-state index contributed by atoms with van der Waals surface area (Å²) >= 11 is 1.63. The van der Waals surface area contributed by atoms with Crippen LogP contribution < -0.4 is 4.90 Å². The van der Waals surface area contributed by atoms with E-state index in [4.69, 9.17) is 0 Å². The van der Waals surface area contributed by atoms with Crippen molar-refractivity contribution in [3.05, 3.63) is 65.2 Å². The van der Waals surface area contributed by atoms with E-state index >= 15 is 0 Å². The molecule has 4 nitrogen and oxygen atoms in total. The third kappa shape index (κ3) is 2.90. The second-order valence-corrected chi connectivity index (χ2v) is 9.65. The second kappa shape index (κ2) is 7.21. The van der Waals surface area contributed by atoms with Crippen molar-refractivity contribution in [1.29, 1.82) is 0 Å². The highest BCUT2D eigenvalue weighted by Gasteiger charge is 2.59. The zero-order valence-corrected chi connectivity index (χ0v) is 17.6. The lowest BCUT2D eigenvalue weighted by molar-refractivity contribution is -0.143. The van der Waals surface area contributed by atoms with Crippen LogP contribution in [0.15, 0.2) is 48.5 Å². The maximum atomic E-state index is 13.9. The third-order valence-corrected chi connectivity index (χ3v) is 7.95. The van der Waals surface area contributed by atoms with Gasteiger partial charge in [0.2, 0.25) is 5.91 Å². The summed E-state index contributed by atoms with van der Waals surface area (Å²) in [5.74, 6) is 1.09. The molecule has 2 heterocycles. The summed E-state index contributed by atoms with van der Waals surface area (Å²) in [4.78, 5) is 30.2. The zero-order valence-electron chi connectivity index (χ0n) is 16.8. The molecule has 1 aliphatic carbocycles. The normalized spacial score (nSPS) is 24.0. The first kappa shape index (κ1) is 18.7. The van der Waals surface area contributed by atoms with Gasteiger partial charge >= 0.3 is 0 Å². The number of fused-ring (bicyclic) bond motifs is 2. The van der Waals surface area contributed by atoms with Crippen molar-refractivity contribution in [3.63, 3.8) is 0 Å². The van der Waals surface area contributed by atoms with Gasteiger partial charge in [-0.15, -0.1) is 11.8 Å². The van der Waals surface area contributed by atoms with Gasteiger partial charge in [0, 0.05) is 23.8 Å². The molecule has 0 bridgehead atoms.